The molecule has 128 valence electrons. The summed E-state index contributed by atoms with van der Waals surface area (Å²) in [5, 5.41) is 3.53. The standard InChI is InChI=1S/C19H32N4/c1-17-9-7-14-23(15-17)19(20-2)21-12-8-13-22(3)16-18-10-5-4-6-11-18/h4-6,10-11,17H,7-9,12-16H2,1-3H3,(H,20,21). The van der Waals surface area contributed by atoms with Gasteiger partial charge in [0.2, 0.25) is 0 Å². The molecule has 1 aliphatic rings. The molecule has 0 saturated carbocycles. The quantitative estimate of drug-likeness (QED) is 0.497. The highest BCUT2D eigenvalue weighted by Crippen LogP contribution is 2.15. The second-order valence-corrected chi connectivity index (χ2v) is 6.74. The van der Waals surface area contributed by atoms with E-state index in [1.165, 1.54) is 18.4 Å². The van der Waals surface area contributed by atoms with Crippen molar-refractivity contribution in [1.29, 1.82) is 0 Å². The highest BCUT2D eigenvalue weighted by atomic mass is 15.3. The monoisotopic (exact) mass is 316 g/mol. The number of aliphatic imine (C=N–C) groups is 1. The molecule has 1 saturated heterocycles. The van der Waals surface area contributed by atoms with Crippen LogP contribution in [-0.2, 0) is 6.54 Å². The van der Waals surface area contributed by atoms with Crippen LogP contribution in [0, 0.1) is 5.92 Å². The van der Waals surface area contributed by atoms with Crippen LogP contribution >= 0.6 is 0 Å². The summed E-state index contributed by atoms with van der Waals surface area (Å²) in [6.45, 7) is 7.69. The predicted molar refractivity (Wildman–Crippen MR) is 98.7 cm³/mol. The Morgan fingerprint density at radius 2 is 2.13 bits per heavy atom. The van der Waals surface area contributed by atoms with Gasteiger partial charge in [0.25, 0.3) is 0 Å². The van der Waals surface area contributed by atoms with Crippen molar-refractivity contribution in [3.05, 3.63) is 35.9 Å². The van der Waals surface area contributed by atoms with Crippen LogP contribution in [0.3, 0.4) is 0 Å². The van der Waals surface area contributed by atoms with E-state index in [4.69, 9.17) is 0 Å². The number of likely N-dealkylation sites (tertiary alicyclic amines) is 1. The number of hydrogen-bond donors (Lipinski definition) is 1. The minimum atomic E-state index is 0.777. The third-order valence-electron chi connectivity index (χ3n) is 4.46. The first-order valence-electron chi connectivity index (χ1n) is 8.87. The van der Waals surface area contributed by atoms with Gasteiger partial charge in [0.05, 0.1) is 0 Å². The molecule has 1 unspecified atom stereocenters. The number of benzene rings is 1. The first-order chi connectivity index (χ1) is 11.2. The second-order valence-electron chi connectivity index (χ2n) is 6.74. The fraction of sp³-hybridized carbons (Fsp3) is 0.632. The Balaban J connectivity index is 1.65. The number of piperidine rings is 1. The molecule has 0 spiro atoms. The molecule has 2 rings (SSSR count). The molecule has 1 atom stereocenters. The summed E-state index contributed by atoms with van der Waals surface area (Å²) < 4.78 is 0. The predicted octanol–water partition coefficient (Wildman–Crippen LogP) is 2.82. The third-order valence-corrected chi connectivity index (χ3v) is 4.46. The number of guanidine groups is 1. The Bertz CT molecular complexity index is 472. The Labute approximate surface area is 141 Å². The Hall–Kier alpha value is -1.55. The van der Waals surface area contributed by atoms with Crippen LogP contribution in [0.4, 0.5) is 0 Å². The molecule has 0 amide bonds. The van der Waals surface area contributed by atoms with E-state index in [1.807, 2.05) is 7.05 Å². The molecule has 1 aromatic rings. The normalized spacial score (nSPS) is 19.2. The molecule has 4 nitrogen and oxygen atoms in total. The largest absolute Gasteiger partial charge is 0.356 e. The van der Waals surface area contributed by atoms with Gasteiger partial charge in [0.15, 0.2) is 5.96 Å². The molecule has 23 heavy (non-hydrogen) atoms. The van der Waals surface area contributed by atoms with Gasteiger partial charge in [-0.15, -0.1) is 0 Å². The molecular weight excluding hydrogens is 284 g/mol. The Morgan fingerprint density at radius 1 is 1.35 bits per heavy atom. The fourth-order valence-electron chi connectivity index (χ4n) is 3.24. The molecule has 1 aromatic carbocycles. The van der Waals surface area contributed by atoms with Gasteiger partial charge in [-0.3, -0.25) is 4.99 Å². The van der Waals surface area contributed by atoms with Crippen LogP contribution in [0.2, 0.25) is 0 Å². The topological polar surface area (TPSA) is 30.9 Å². The van der Waals surface area contributed by atoms with E-state index in [0.717, 1.165) is 51.0 Å². The van der Waals surface area contributed by atoms with Crippen molar-refractivity contribution in [1.82, 2.24) is 15.1 Å². The summed E-state index contributed by atoms with van der Waals surface area (Å²) in [5.41, 5.74) is 1.38. The van der Waals surface area contributed by atoms with Crippen LogP contribution < -0.4 is 5.32 Å². The number of hydrogen-bond acceptors (Lipinski definition) is 2. The molecule has 1 N–H and O–H groups in total. The molecular formula is C19H32N4. The highest BCUT2D eigenvalue weighted by molar-refractivity contribution is 5.79. The van der Waals surface area contributed by atoms with Crippen LogP contribution in [0.25, 0.3) is 0 Å². The Kier molecular flexibility index (Phi) is 7.40. The van der Waals surface area contributed by atoms with E-state index >= 15 is 0 Å². The minimum Gasteiger partial charge on any atom is -0.356 e. The zero-order chi connectivity index (χ0) is 16.5. The fourth-order valence-corrected chi connectivity index (χ4v) is 3.24. The maximum Gasteiger partial charge on any atom is 0.193 e. The van der Waals surface area contributed by atoms with E-state index < -0.39 is 0 Å². The first-order valence-corrected chi connectivity index (χ1v) is 8.87. The lowest BCUT2D eigenvalue weighted by Crippen LogP contribution is -2.46. The molecule has 0 aliphatic carbocycles. The summed E-state index contributed by atoms with van der Waals surface area (Å²) in [7, 11) is 4.08. The van der Waals surface area contributed by atoms with Crippen molar-refractivity contribution >= 4 is 5.96 Å². The van der Waals surface area contributed by atoms with E-state index in [2.05, 4.69) is 64.4 Å². The number of rotatable bonds is 6. The van der Waals surface area contributed by atoms with Crippen molar-refractivity contribution in [2.24, 2.45) is 10.9 Å². The SMILES string of the molecule is CN=C(NCCCN(C)Cc1ccccc1)N1CCCC(C)C1. The maximum absolute atomic E-state index is 4.45. The summed E-state index contributed by atoms with van der Waals surface area (Å²) in [6.07, 6.45) is 3.76. The van der Waals surface area contributed by atoms with E-state index in [1.54, 1.807) is 0 Å². The van der Waals surface area contributed by atoms with Crippen molar-refractivity contribution in [3.63, 3.8) is 0 Å². The summed E-state index contributed by atoms with van der Waals surface area (Å²) in [6, 6.07) is 10.7. The molecule has 1 fully saturated rings. The molecule has 1 heterocycles. The zero-order valence-corrected chi connectivity index (χ0v) is 15.0. The van der Waals surface area contributed by atoms with Crippen LogP contribution in [-0.4, -0.2) is 56.0 Å². The van der Waals surface area contributed by atoms with Gasteiger partial charge in [0.1, 0.15) is 0 Å². The molecule has 4 heteroatoms. The van der Waals surface area contributed by atoms with Gasteiger partial charge in [-0.2, -0.15) is 0 Å². The van der Waals surface area contributed by atoms with Gasteiger partial charge in [-0.25, -0.2) is 0 Å². The van der Waals surface area contributed by atoms with Gasteiger partial charge >= 0.3 is 0 Å². The van der Waals surface area contributed by atoms with Crippen molar-refractivity contribution in [3.8, 4) is 0 Å². The second kappa shape index (κ2) is 9.56. The number of nitrogens with one attached hydrogen (secondary N) is 1. The third kappa shape index (κ3) is 6.22. The molecule has 0 radical (unpaired) electrons. The molecule has 1 aliphatic heterocycles. The van der Waals surface area contributed by atoms with Gasteiger partial charge in [-0.1, -0.05) is 37.3 Å². The van der Waals surface area contributed by atoms with Gasteiger partial charge < -0.3 is 15.1 Å². The number of nitrogens with zero attached hydrogens (tertiary/aromatic N) is 3. The smallest absolute Gasteiger partial charge is 0.193 e. The minimum absolute atomic E-state index is 0.777. The summed E-state index contributed by atoms with van der Waals surface area (Å²) in [5.74, 6) is 1.85. The van der Waals surface area contributed by atoms with E-state index in [-0.39, 0.29) is 0 Å². The maximum atomic E-state index is 4.45. The Morgan fingerprint density at radius 3 is 2.83 bits per heavy atom. The lowest BCUT2D eigenvalue weighted by atomic mass is 10.0. The summed E-state index contributed by atoms with van der Waals surface area (Å²) in [4.78, 5) is 9.23. The molecule has 0 bridgehead atoms. The van der Waals surface area contributed by atoms with Crippen LogP contribution in [0.5, 0.6) is 0 Å². The average Bonchev–Trinajstić information content (AvgIpc) is 2.56. The van der Waals surface area contributed by atoms with Gasteiger partial charge in [0, 0.05) is 33.2 Å². The van der Waals surface area contributed by atoms with Crippen molar-refractivity contribution in [2.45, 2.75) is 32.7 Å². The van der Waals surface area contributed by atoms with Crippen molar-refractivity contribution in [2.75, 3.05) is 40.3 Å². The average molecular weight is 316 g/mol. The zero-order valence-electron chi connectivity index (χ0n) is 15.0. The highest BCUT2D eigenvalue weighted by Gasteiger charge is 2.18. The first kappa shape index (κ1) is 17.8. The summed E-state index contributed by atoms with van der Waals surface area (Å²) >= 11 is 0. The van der Waals surface area contributed by atoms with Crippen molar-refractivity contribution < 1.29 is 0 Å². The lowest BCUT2D eigenvalue weighted by molar-refractivity contribution is 0.265. The van der Waals surface area contributed by atoms with Crippen LogP contribution in [0.15, 0.2) is 35.3 Å². The van der Waals surface area contributed by atoms with Gasteiger partial charge in [-0.05, 0) is 44.3 Å². The van der Waals surface area contributed by atoms with Crippen LogP contribution in [0.1, 0.15) is 31.7 Å². The lowest BCUT2D eigenvalue weighted by Gasteiger charge is -2.33. The molecule has 0 aromatic heterocycles. The van der Waals surface area contributed by atoms with E-state index in [9.17, 15) is 0 Å². The van der Waals surface area contributed by atoms with E-state index in [0.29, 0.717) is 0 Å².